The molecular weight excluding hydrogens is 468 g/mol. The predicted molar refractivity (Wildman–Crippen MR) is 148 cm³/mol. The van der Waals surface area contributed by atoms with Crippen LogP contribution in [0, 0.1) is 0 Å². The largest absolute Gasteiger partial charge is 0.508 e. The second-order valence-corrected chi connectivity index (χ2v) is 9.63. The first-order chi connectivity index (χ1) is 17.6. The van der Waals surface area contributed by atoms with Crippen LogP contribution in [0.15, 0.2) is 65.3 Å². The molecule has 0 saturated heterocycles. The van der Waals surface area contributed by atoms with Gasteiger partial charge in [0.25, 0.3) is 5.91 Å². The lowest BCUT2D eigenvalue weighted by Crippen LogP contribution is -2.30. The molecule has 7 nitrogen and oxygen atoms in total. The van der Waals surface area contributed by atoms with Gasteiger partial charge >= 0.3 is 5.97 Å². The third-order valence-electron chi connectivity index (χ3n) is 6.12. The van der Waals surface area contributed by atoms with Crippen molar-refractivity contribution in [1.82, 2.24) is 0 Å². The van der Waals surface area contributed by atoms with E-state index in [1.165, 1.54) is 41.2 Å². The minimum Gasteiger partial charge on any atom is -0.508 e. The third-order valence-corrected chi connectivity index (χ3v) is 6.12. The first-order valence-electron chi connectivity index (χ1n) is 12.5. The number of rotatable bonds is 9. The molecule has 0 radical (unpaired) electrons. The van der Waals surface area contributed by atoms with Gasteiger partial charge in [-0.2, -0.15) is 0 Å². The second-order valence-electron chi connectivity index (χ2n) is 9.63. The number of carbonyl (C=O) groups is 2. The van der Waals surface area contributed by atoms with Crippen LogP contribution in [0.4, 0.5) is 17.1 Å². The lowest BCUT2D eigenvalue weighted by Gasteiger charge is -2.23. The van der Waals surface area contributed by atoms with Crippen molar-refractivity contribution in [3.63, 3.8) is 0 Å². The molecule has 1 heterocycles. The average molecular weight is 505 g/mol. The van der Waals surface area contributed by atoms with Crippen molar-refractivity contribution < 1.29 is 24.5 Å². The minimum atomic E-state index is -0.575. The Labute approximate surface area is 218 Å². The van der Waals surface area contributed by atoms with Crippen LogP contribution in [0.2, 0.25) is 0 Å². The average Bonchev–Trinajstić information content (AvgIpc) is 2.92. The lowest BCUT2D eigenvalue weighted by atomic mass is 10.1. The van der Waals surface area contributed by atoms with Crippen LogP contribution in [0.1, 0.15) is 70.7 Å². The van der Waals surface area contributed by atoms with Crippen LogP contribution in [0.5, 0.6) is 17.2 Å². The van der Waals surface area contributed by atoms with E-state index < -0.39 is 5.97 Å². The summed E-state index contributed by atoms with van der Waals surface area (Å²) in [6, 6.07) is 7.43. The lowest BCUT2D eigenvalue weighted by molar-refractivity contribution is -0.131. The zero-order valence-electron chi connectivity index (χ0n) is 22.2. The van der Waals surface area contributed by atoms with Crippen molar-refractivity contribution in [1.29, 1.82) is 0 Å². The van der Waals surface area contributed by atoms with Gasteiger partial charge < -0.3 is 25.2 Å². The molecule has 0 aliphatic carbocycles. The number of esters is 1. The van der Waals surface area contributed by atoms with E-state index in [0.29, 0.717) is 11.4 Å². The second kappa shape index (κ2) is 12.3. The van der Waals surface area contributed by atoms with Crippen LogP contribution in [0.25, 0.3) is 0 Å². The molecule has 1 amide bonds. The number of nitrogens with zero attached hydrogens (tertiary/aromatic N) is 1. The number of aromatic hydroxyl groups is 2. The summed E-state index contributed by atoms with van der Waals surface area (Å²) < 4.78 is 5.32. The molecule has 7 heteroatoms. The van der Waals surface area contributed by atoms with E-state index in [2.05, 4.69) is 38.2 Å². The maximum Gasteiger partial charge on any atom is 0.308 e. The molecule has 1 aliphatic heterocycles. The van der Waals surface area contributed by atoms with Crippen LogP contribution in [0.3, 0.4) is 0 Å². The molecule has 2 aromatic carbocycles. The highest BCUT2D eigenvalue weighted by atomic mass is 16.5. The Bertz CT molecular complexity index is 1270. The summed E-state index contributed by atoms with van der Waals surface area (Å²) in [6.45, 7) is 9.89. The Kier molecular flexibility index (Phi) is 9.17. The van der Waals surface area contributed by atoms with E-state index in [1.807, 2.05) is 13.0 Å². The van der Waals surface area contributed by atoms with Gasteiger partial charge in [-0.05, 0) is 65.5 Å². The number of amides is 1. The van der Waals surface area contributed by atoms with E-state index in [9.17, 15) is 19.8 Å². The number of para-hydroxylation sites is 1. The number of ether oxygens (including phenoxy) is 1. The molecule has 0 saturated carbocycles. The van der Waals surface area contributed by atoms with Crippen LogP contribution < -0.4 is 15.0 Å². The number of fused-ring (bicyclic) bond motifs is 2. The molecule has 2 aromatic rings. The van der Waals surface area contributed by atoms with Gasteiger partial charge in [0.05, 0.1) is 16.9 Å². The zero-order valence-corrected chi connectivity index (χ0v) is 22.2. The molecular formula is C30H36N2O5. The summed E-state index contributed by atoms with van der Waals surface area (Å²) in [6.07, 6.45) is 10.3. The quantitative estimate of drug-likeness (QED) is 0.110. The van der Waals surface area contributed by atoms with E-state index in [-0.39, 0.29) is 41.0 Å². The fourth-order valence-corrected chi connectivity index (χ4v) is 4.16. The molecule has 37 heavy (non-hydrogen) atoms. The number of hydrogen-bond donors (Lipinski definition) is 3. The van der Waals surface area contributed by atoms with Gasteiger partial charge in [0.1, 0.15) is 17.2 Å². The summed E-state index contributed by atoms with van der Waals surface area (Å²) in [5.74, 6) is -1.13. The Morgan fingerprint density at radius 3 is 2.30 bits per heavy atom. The molecule has 0 aromatic heterocycles. The molecule has 0 atom stereocenters. The number of hydrogen-bond acceptors (Lipinski definition) is 6. The fourth-order valence-electron chi connectivity index (χ4n) is 4.16. The summed E-state index contributed by atoms with van der Waals surface area (Å²) >= 11 is 0. The zero-order chi connectivity index (χ0) is 27.1. The monoisotopic (exact) mass is 504 g/mol. The smallest absolute Gasteiger partial charge is 0.308 e. The molecule has 196 valence electrons. The first-order valence-corrected chi connectivity index (χ1v) is 12.5. The summed E-state index contributed by atoms with van der Waals surface area (Å²) in [5.41, 5.74) is 4.94. The summed E-state index contributed by atoms with van der Waals surface area (Å²) in [5, 5.41) is 23.9. The van der Waals surface area contributed by atoms with E-state index in [4.69, 9.17) is 4.74 Å². The van der Waals surface area contributed by atoms with Crippen molar-refractivity contribution in [2.45, 2.75) is 60.3 Å². The fraction of sp³-hybridized carbons (Fsp3) is 0.333. The molecule has 0 bridgehead atoms. The SMILES string of the molecule is CC(=O)Oc1cc(O)cc2c1Nc1c(O)cccc1C(=O)N2C/C=C(\C)CC/C=C(\C)CCC=C(C)C. The van der Waals surface area contributed by atoms with Crippen molar-refractivity contribution >= 4 is 28.9 Å². The highest BCUT2D eigenvalue weighted by Crippen LogP contribution is 2.46. The normalized spacial score (nSPS) is 13.3. The van der Waals surface area contributed by atoms with Gasteiger partial charge in [-0.3, -0.25) is 9.59 Å². The van der Waals surface area contributed by atoms with Crippen LogP contribution >= 0.6 is 0 Å². The Morgan fingerprint density at radius 2 is 1.62 bits per heavy atom. The van der Waals surface area contributed by atoms with Crippen LogP contribution in [-0.4, -0.2) is 28.6 Å². The number of phenols is 2. The molecule has 3 rings (SSSR count). The van der Waals surface area contributed by atoms with Gasteiger partial charge in [0.15, 0.2) is 5.75 Å². The van der Waals surface area contributed by atoms with E-state index in [1.54, 1.807) is 12.1 Å². The Hall–Kier alpha value is -4.00. The van der Waals surface area contributed by atoms with Gasteiger partial charge in [0, 0.05) is 25.6 Å². The standard InChI is InChI=1S/C30H36N2O5/c1-19(2)9-6-10-20(3)11-7-12-21(4)15-16-32-25-17-23(34)18-27(37-22(5)33)29(25)31-28-24(30(32)36)13-8-14-26(28)35/h8-9,11,13-15,17-18,31,34-35H,6-7,10,12,16H2,1-5H3/b20-11+,21-15+. The molecule has 0 spiro atoms. The number of benzene rings is 2. The van der Waals surface area contributed by atoms with Crippen LogP contribution in [-0.2, 0) is 4.79 Å². The predicted octanol–water partition coefficient (Wildman–Crippen LogP) is 7.15. The number of anilines is 3. The number of nitrogens with one attached hydrogen (secondary N) is 1. The van der Waals surface area contributed by atoms with E-state index in [0.717, 1.165) is 31.3 Å². The first kappa shape index (κ1) is 27.6. The molecule has 0 fully saturated rings. The Morgan fingerprint density at radius 1 is 0.946 bits per heavy atom. The molecule has 3 N–H and O–H groups in total. The third kappa shape index (κ3) is 7.26. The topological polar surface area (TPSA) is 99.1 Å². The minimum absolute atomic E-state index is 0.0610. The van der Waals surface area contributed by atoms with Gasteiger partial charge in [-0.25, -0.2) is 0 Å². The van der Waals surface area contributed by atoms with E-state index >= 15 is 0 Å². The van der Waals surface area contributed by atoms with Crippen molar-refractivity contribution in [3.05, 3.63) is 70.8 Å². The highest BCUT2D eigenvalue weighted by Gasteiger charge is 2.30. The van der Waals surface area contributed by atoms with Gasteiger partial charge in [-0.15, -0.1) is 0 Å². The number of phenolic OH excluding ortho intramolecular Hbond substituents is 2. The van der Waals surface area contributed by atoms with Gasteiger partial charge in [-0.1, -0.05) is 41.0 Å². The molecule has 0 unspecified atom stereocenters. The molecule has 1 aliphatic rings. The van der Waals surface area contributed by atoms with Crippen molar-refractivity contribution in [2.24, 2.45) is 0 Å². The number of allylic oxidation sites excluding steroid dienone is 5. The van der Waals surface area contributed by atoms with Crippen molar-refractivity contribution in [3.8, 4) is 17.2 Å². The van der Waals surface area contributed by atoms with Crippen molar-refractivity contribution in [2.75, 3.05) is 16.8 Å². The summed E-state index contributed by atoms with van der Waals surface area (Å²) in [4.78, 5) is 26.8. The highest BCUT2D eigenvalue weighted by molar-refractivity contribution is 6.15. The number of carbonyl (C=O) groups excluding carboxylic acids is 2. The maximum atomic E-state index is 13.6. The summed E-state index contributed by atoms with van der Waals surface area (Å²) in [7, 11) is 0. The van der Waals surface area contributed by atoms with Gasteiger partial charge in [0.2, 0.25) is 0 Å². The maximum absolute atomic E-state index is 13.6. The Balaban J connectivity index is 1.88.